The normalized spacial score (nSPS) is 11.4. The fourth-order valence-electron chi connectivity index (χ4n) is 7.44. The number of anilines is 6. The standard InChI is InChI=1S/C49H33N5O/c1-5-14-36(15-6-1)53(37-16-7-2-8-17-37)40-32-51-49(52-33-40)44-28-27-43-41-26-24-34(30-46(41)55-45-23-13-22-42(44)48(43)45)35-25-29-47(50-31-35)54(38-18-9-3-10-19-38)39-20-11-4-12-21-39/h1-33H. The SMILES string of the molecule is c1ccc(N(c2ccccc2)c2cnc(-c3ccc4c5c(cccc35)Oc3cc(-c5ccc(N(c6ccccc6)c6ccccc6)nc5)ccc3-4)nc2)cc1. The van der Waals surface area contributed by atoms with E-state index in [1.54, 1.807) is 0 Å². The first-order chi connectivity index (χ1) is 27.3. The molecule has 0 spiro atoms. The van der Waals surface area contributed by atoms with E-state index in [1.165, 1.54) is 0 Å². The number of ether oxygens (including phenoxy) is 1. The summed E-state index contributed by atoms with van der Waals surface area (Å²) in [4.78, 5) is 19.1. The van der Waals surface area contributed by atoms with E-state index in [-0.39, 0.29) is 0 Å². The van der Waals surface area contributed by atoms with E-state index in [2.05, 4.69) is 107 Å². The molecule has 0 aliphatic carbocycles. The Kier molecular flexibility index (Phi) is 8.04. The molecule has 6 heteroatoms. The summed E-state index contributed by atoms with van der Waals surface area (Å²) in [5.41, 5.74) is 10.2. The van der Waals surface area contributed by atoms with Crippen LogP contribution < -0.4 is 14.5 Å². The van der Waals surface area contributed by atoms with Gasteiger partial charge in [0.15, 0.2) is 5.82 Å². The number of pyridine rings is 1. The van der Waals surface area contributed by atoms with Crippen molar-refractivity contribution >= 4 is 45.0 Å². The van der Waals surface area contributed by atoms with Crippen LogP contribution in [0, 0.1) is 0 Å². The minimum atomic E-state index is 0.656. The highest BCUT2D eigenvalue weighted by atomic mass is 16.5. The van der Waals surface area contributed by atoms with Crippen molar-refractivity contribution < 1.29 is 4.74 Å². The van der Waals surface area contributed by atoms with Crippen molar-refractivity contribution in [1.82, 2.24) is 15.0 Å². The first kappa shape index (κ1) is 32.1. The maximum atomic E-state index is 6.65. The monoisotopic (exact) mass is 707 g/mol. The highest BCUT2D eigenvalue weighted by Crippen LogP contribution is 2.49. The van der Waals surface area contributed by atoms with Gasteiger partial charge in [-0.1, -0.05) is 97.1 Å². The third kappa shape index (κ3) is 5.92. The Hall–Kier alpha value is -7.57. The summed E-state index contributed by atoms with van der Waals surface area (Å²) in [6.07, 6.45) is 5.73. The molecule has 0 unspecified atom stereocenters. The van der Waals surface area contributed by atoms with Gasteiger partial charge in [-0.15, -0.1) is 0 Å². The third-order valence-corrected chi connectivity index (χ3v) is 10.00. The fraction of sp³-hybridized carbons (Fsp3) is 0. The number of benzene rings is 7. The van der Waals surface area contributed by atoms with Crippen LogP contribution in [0.3, 0.4) is 0 Å². The van der Waals surface area contributed by atoms with Gasteiger partial charge in [-0.3, -0.25) is 4.90 Å². The second kappa shape index (κ2) is 13.8. The lowest BCUT2D eigenvalue weighted by molar-refractivity contribution is 0.487. The molecule has 9 aromatic rings. The first-order valence-electron chi connectivity index (χ1n) is 18.3. The molecule has 0 atom stereocenters. The zero-order valence-corrected chi connectivity index (χ0v) is 29.7. The summed E-state index contributed by atoms with van der Waals surface area (Å²) in [5.74, 6) is 3.12. The van der Waals surface area contributed by atoms with Gasteiger partial charge in [0, 0.05) is 51.0 Å². The molecule has 55 heavy (non-hydrogen) atoms. The highest BCUT2D eigenvalue weighted by molar-refractivity contribution is 6.09. The molecule has 7 aromatic carbocycles. The quantitative estimate of drug-likeness (QED) is 0.157. The Morgan fingerprint density at radius 1 is 0.364 bits per heavy atom. The lowest BCUT2D eigenvalue weighted by Crippen LogP contribution is -2.11. The van der Waals surface area contributed by atoms with Crippen LogP contribution in [0.4, 0.5) is 34.3 Å². The summed E-state index contributed by atoms with van der Waals surface area (Å²) < 4.78 is 6.65. The van der Waals surface area contributed by atoms with E-state index in [0.29, 0.717) is 5.82 Å². The molecule has 1 aliphatic heterocycles. The topological polar surface area (TPSA) is 54.4 Å². The van der Waals surface area contributed by atoms with Crippen LogP contribution >= 0.6 is 0 Å². The van der Waals surface area contributed by atoms with Crippen LogP contribution in [-0.4, -0.2) is 15.0 Å². The summed E-state index contributed by atoms with van der Waals surface area (Å²) in [6.45, 7) is 0. The molecule has 0 amide bonds. The van der Waals surface area contributed by atoms with Gasteiger partial charge in [-0.05, 0) is 101 Å². The van der Waals surface area contributed by atoms with Crippen molar-refractivity contribution in [3.05, 3.63) is 201 Å². The number of hydrogen-bond acceptors (Lipinski definition) is 6. The van der Waals surface area contributed by atoms with E-state index in [1.807, 2.05) is 104 Å². The number of hydrogen-bond donors (Lipinski definition) is 0. The average Bonchev–Trinajstić information content (AvgIpc) is 3.26. The lowest BCUT2D eigenvalue weighted by atomic mass is 9.91. The maximum Gasteiger partial charge on any atom is 0.159 e. The molecule has 3 heterocycles. The Morgan fingerprint density at radius 3 is 1.49 bits per heavy atom. The molecule has 0 fully saturated rings. The average molecular weight is 708 g/mol. The van der Waals surface area contributed by atoms with Gasteiger partial charge in [-0.2, -0.15) is 0 Å². The second-order valence-corrected chi connectivity index (χ2v) is 13.3. The van der Waals surface area contributed by atoms with E-state index in [9.17, 15) is 0 Å². The number of nitrogens with zero attached hydrogens (tertiary/aromatic N) is 5. The van der Waals surface area contributed by atoms with Crippen molar-refractivity contribution in [2.75, 3.05) is 9.80 Å². The van der Waals surface area contributed by atoms with Crippen LogP contribution in [-0.2, 0) is 0 Å². The van der Waals surface area contributed by atoms with Crippen LogP contribution in [0.2, 0.25) is 0 Å². The summed E-state index contributed by atoms with van der Waals surface area (Å²) in [7, 11) is 0. The molecule has 1 aliphatic rings. The predicted molar refractivity (Wildman–Crippen MR) is 223 cm³/mol. The van der Waals surface area contributed by atoms with E-state index in [4.69, 9.17) is 19.7 Å². The highest BCUT2D eigenvalue weighted by Gasteiger charge is 2.23. The van der Waals surface area contributed by atoms with Gasteiger partial charge in [-0.25, -0.2) is 15.0 Å². The predicted octanol–water partition coefficient (Wildman–Crippen LogP) is 13.1. The van der Waals surface area contributed by atoms with Crippen molar-refractivity contribution in [2.45, 2.75) is 0 Å². The summed E-state index contributed by atoms with van der Waals surface area (Å²) in [6, 6.07) is 62.3. The number of para-hydroxylation sites is 4. The van der Waals surface area contributed by atoms with Crippen molar-refractivity contribution in [1.29, 1.82) is 0 Å². The second-order valence-electron chi connectivity index (χ2n) is 13.3. The Morgan fingerprint density at radius 2 is 0.909 bits per heavy atom. The zero-order valence-electron chi connectivity index (χ0n) is 29.7. The molecule has 0 bridgehead atoms. The largest absolute Gasteiger partial charge is 0.456 e. The van der Waals surface area contributed by atoms with E-state index < -0.39 is 0 Å². The van der Waals surface area contributed by atoms with Gasteiger partial charge >= 0.3 is 0 Å². The molecule has 0 saturated carbocycles. The molecule has 0 N–H and O–H groups in total. The van der Waals surface area contributed by atoms with Gasteiger partial charge in [0.2, 0.25) is 0 Å². The van der Waals surface area contributed by atoms with E-state index >= 15 is 0 Å². The molecular formula is C49H33N5O. The van der Waals surface area contributed by atoms with Crippen LogP contribution in [0.15, 0.2) is 201 Å². The molecule has 0 saturated heterocycles. The van der Waals surface area contributed by atoms with Crippen molar-refractivity contribution in [3.63, 3.8) is 0 Å². The van der Waals surface area contributed by atoms with Crippen LogP contribution in [0.5, 0.6) is 11.5 Å². The summed E-state index contributed by atoms with van der Waals surface area (Å²) >= 11 is 0. The first-order valence-corrected chi connectivity index (χ1v) is 18.3. The minimum absolute atomic E-state index is 0.656. The smallest absolute Gasteiger partial charge is 0.159 e. The van der Waals surface area contributed by atoms with Crippen molar-refractivity contribution in [3.8, 4) is 45.1 Å². The Balaban J connectivity index is 0.968. The van der Waals surface area contributed by atoms with Gasteiger partial charge in [0.1, 0.15) is 17.3 Å². The summed E-state index contributed by atoms with van der Waals surface area (Å²) in [5, 5.41) is 2.10. The Labute approximate surface area is 319 Å². The molecule has 6 nitrogen and oxygen atoms in total. The minimum Gasteiger partial charge on any atom is -0.456 e. The number of rotatable bonds is 8. The Bertz CT molecular complexity index is 2680. The van der Waals surface area contributed by atoms with E-state index in [0.717, 1.165) is 84.3 Å². The third-order valence-electron chi connectivity index (χ3n) is 10.00. The van der Waals surface area contributed by atoms with Gasteiger partial charge in [0.25, 0.3) is 0 Å². The van der Waals surface area contributed by atoms with Gasteiger partial charge in [0.05, 0.1) is 18.1 Å². The molecule has 10 rings (SSSR count). The molecular weight excluding hydrogens is 675 g/mol. The molecule has 260 valence electrons. The van der Waals surface area contributed by atoms with Crippen molar-refractivity contribution in [2.24, 2.45) is 0 Å². The van der Waals surface area contributed by atoms with Gasteiger partial charge < -0.3 is 9.64 Å². The number of aromatic nitrogens is 3. The maximum absolute atomic E-state index is 6.65. The zero-order chi connectivity index (χ0) is 36.6. The molecule has 2 aromatic heterocycles. The fourth-order valence-corrected chi connectivity index (χ4v) is 7.44. The lowest BCUT2D eigenvalue weighted by Gasteiger charge is -2.25. The van der Waals surface area contributed by atoms with Crippen LogP contribution in [0.1, 0.15) is 0 Å². The van der Waals surface area contributed by atoms with Crippen LogP contribution in [0.25, 0.3) is 44.4 Å². The molecule has 0 radical (unpaired) electrons. The number of fused-ring (bicyclic) bond motifs is 2.